The van der Waals surface area contributed by atoms with E-state index in [2.05, 4.69) is 11.1 Å². The van der Waals surface area contributed by atoms with E-state index in [0.717, 1.165) is 33.6 Å². The summed E-state index contributed by atoms with van der Waals surface area (Å²) in [6, 6.07) is 17.9. The Morgan fingerprint density at radius 2 is 1.41 bits per heavy atom. The van der Waals surface area contributed by atoms with Crippen LogP contribution >= 0.6 is 0 Å². The molecule has 0 saturated carbocycles. The fraction of sp³-hybridized carbons (Fsp3) is 0.174. The molecule has 0 atom stereocenters. The van der Waals surface area contributed by atoms with E-state index in [4.69, 9.17) is 18.9 Å². The van der Waals surface area contributed by atoms with Crippen LogP contribution in [-0.4, -0.2) is 38.0 Å². The van der Waals surface area contributed by atoms with Gasteiger partial charge >= 0.3 is 0 Å². The number of ether oxygens (including phenoxy) is 4. The van der Waals surface area contributed by atoms with Crippen LogP contribution in [0.2, 0.25) is 0 Å². The van der Waals surface area contributed by atoms with Gasteiger partial charge in [0, 0.05) is 17.7 Å². The summed E-state index contributed by atoms with van der Waals surface area (Å²) in [6.45, 7) is 0. The van der Waals surface area contributed by atoms with Crippen LogP contribution in [0.1, 0.15) is 0 Å². The molecule has 4 aromatic rings. The molecule has 29 heavy (non-hydrogen) atoms. The summed E-state index contributed by atoms with van der Waals surface area (Å²) >= 11 is 0. The van der Waals surface area contributed by atoms with Gasteiger partial charge in [-0.15, -0.1) is 0 Å². The monoisotopic (exact) mass is 390 g/mol. The van der Waals surface area contributed by atoms with E-state index in [1.807, 2.05) is 53.1 Å². The second-order valence-corrected chi connectivity index (χ2v) is 6.40. The quantitative estimate of drug-likeness (QED) is 0.477. The van der Waals surface area contributed by atoms with Crippen molar-refractivity contribution in [1.29, 1.82) is 0 Å². The zero-order chi connectivity index (χ0) is 20.4. The molecule has 0 aliphatic rings. The van der Waals surface area contributed by atoms with Crippen molar-refractivity contribution >= 4 is 11.0 Å². The van der Waals surface area contributed by atoms with Crippen LogP contribution in [-0.2, 0) is 0 Å². The average molecular weight is 390 g/mol. The lowest BCUT2D eigenvalue weighted by atomic mass is 10.0. The minimum Gasteiger partial charge on any atom is -0.496 e. The van der Waals surface area contributed by atoms with E-state index in [0.29, 0.717) is 17.2 Å². The molecule has 0 spiro atoms. The van der Waals surface area contributed by atoms with Gasteiger partial charge in [0.25, 0.3) is 0 Å². The van der Waals surface area contributed by atoms with Crippen molar-refractivity contribution in [2.75, 3.05) is 28.4 Å². The molecule has 4 rings (SSSR count). The molecule has 1 aromatic heterocycles. The number of methoxy groups -OCH3 is 4. The third-order valence-electron chi connectivity index (χ3n) is 4.89. The van der Waals surface area contributed by atoms with Crippen molar-refractivity contribution in [1.82, 2.24) is 9.55 Å². The first kappa shape index (κ1) is 18.7. The van der Waals surface area contributed by atoms with E-state index < -0.39 is 0 Å². The van der Waals surface area contributed by atoms with Crippen LogP contribution in [0.4, 0.5) is 0 Å². The average Bonchev–Trinajstić information content (AvgIpc) is 3.21. The number of aromatic nitrogens is 2. The number of fused-ring (bicyclic) bond motifs is 1. The molecule has 6 nitrogen and oxygen atoms in total. The summed E-state index contributed by atoms with van der Waals surface area (Å²) in [5.74, 6) is 2.55. The van der Waals surface area contributed by atoms with Crippen molar-refractivity contribution in [3.63, 3.8) is 0 Å². The third-order valence-corrected chi connectivity index (χ3v) is 4.89. The largest absolute Gasteiger partial charge is 0.496 e. The predicted molar refractivity (Wildman–Crippen MR) is 113 cm³/mol. The molecule has 0 aliphatic heterocycles. The number of benzene rings is 3. The normalized spacial score (nSPS) is 10.8. The van der Waals surface area contributed by atoms with Crippen molar-refractivity contribution in [2.24, 2.45) is 0 Å². The first-order chi connectivity index (χ1) is 14.2. The lowest BCUT2D eigenvalue weighted by Crippen LogP contribution is -1.99. The Morgan fingerprint density at radius 1 is 0.724 bits per heavy atom. The topological polar surface area (TPSA) is 54.7 Å². The number of para-hydroxylation sites is 1. The molecule has 0 fully saturated rings. The van der Waals surface area contributed by atoms with Crippen LogP contribution in [0.3, 0.4) is 0 Å². The van der Waals surface area contributed by atoms with Gasteiger partial charge in [-0.05, 0) is 23.8 Å². The van der Waals surface area contributed by atoms with Gasteiger partial charge in [0.15, 0.2) is 11.5 Å². The molecule has 0 bridgehead atoms. The Morgan fingerprint density at radius 3 is 2.07 bits per heavy atom. The molecule has 3 aromatic carbocycles. The van der Waals surface area contributed by atoms with Crippen LogP contribution in [0.5, 0.6) is 23.0 Å². The molecular formula is C23H22N2O4. The Labute approximate surface area is 169 Å². The molecule has 1 heterocycles. The summed E-state index contributed by atoms with van der Waals surface area (Å²) < 4.78 is 24.0. The van der Waals surface area contributed by atoms with Gasteiger partial charge in [-0.1, -0.05) is 24.3 Å². The van der Waals surface area contributed by atoms with E-state index in [-0.39, 0.29) is 0 Å². The van der Waals surface area contributed by atoms with Crippen LogP contribution in [0.15, 0.2) is 60.9 Å². The van der Waals surface area contributed by atoms with Crippen molar-refractivity contribution < 1.29 is 18.9 Å². The van der Waals surface area contributed by atoms with Gasteiger partial charge in [-0.3, -0.25) is 4.57 Å². The lowest BCUT2D eigenvalue weighted by Gasteiger charge is -2.15. The van der Waals surface area contributed by atoms with E-state index in [1.165, 1.54) is 0 Å². The molecule has 0 unspecified atom stereocenters. The highest BCUT2D eigenvalue weighted by atomic mass is 16.5. The maximum atomic E-state index is 5.52. The Kier molecular flexibility index (Phi) is 4.99. The molecular weight excluding hydrogens is 368 g/mol. The van der Waals surface area contributed by atoms with E-state index in [9.17, 15) is 0 Å². The van der Waals surface area contributed by atoms with Gasteiger partial charge in [-0.25, -0.2) is 4.98 Å². The fourth-order valence-electron chi connectivity index (χ4n) is 3.47. The summed E-state index contributed by atoms with van der Waals surface area (Å²) in [5, 5.41) is 0. The highest BCUT2D eigenvalue weighted by Crippen LogP contribution is 2.40. The van der Waals surface area contributed by atoms with Crippen LogP contribution in [0, 0.1) is 0 Å². The van der Waals surface area contributed by atoms with Crippen molar-refractivity contribution in [2.45, 2.75) is 0 Å². The maximum absolute atomic E-state index is 5.52. The molecule has 0 aliphatic carbocycles. The summed E-state index contributed by atoms with van der Waals surface area (Å²) in [4.78, 5) is 4.54. The fourth-order valence-corrected chi connectivity index (χ4v) is 3.47. The van der Waals surface area contributed by atoms with E-state index >= 15 is 0 Å². The Hall–Kier alpha value is -3.67. The number of imidazole rings is 1. The molecule has 0 amide bonds. The van der Waals surface area contributed by atoms with Gasteiger partial charge in [-0.2, -0.15) is 0 Å². The lowest BCUT2D eigenvalue weighted by molar-refractivity contribution is 0.324. The second-order valence-electron chi connectivity index (χ2n) is 6.40. The van der Waals surface area contributed by atoms with Gasteiger partial charge < -0.3 is 18.9 Å². The third kappa shape index (κ3) is 3.23. The standard InChI is InChI=1S/C23H22N2O4/c1-26-20-8-6-5-7-17(20)15-9-10-18-19(11-15)25(14-24-18)16-12-21(27-2)23(29-4)22(13-16)28-3/h5-14H,1-4H3. The molecule has 148 valence electrons. The number of nitrogens with zero attached hydrogens (tertiary/aromatic N) is 2. The Balaban J connectivity index is 1.90. The zero-order valence-electron chi connectivity index (χ0n) is 16.8. The number of hydrogen-bond acceptors (Lipinski definition) is 5. The van der Waals surface area contributed by atoms with Crippen molar-refractivity contribution in [3.8, 4) is 39.8 Å². The minimum absolute atomic E-state index is 0.554. The zero-order valence-corrected chi connectivity index (χ0v) is 16.8. The van der Waals surface area contributed by atoms with Crippen LogP contribution < -0.4 is 18.9 Å². The van der Waals surface area contributed by atoms with Gasteiger partial charge in [0.05, 0.1) is 45.2 Å². The highest BCUT2D eigenvalue weighted by Gasteiger charge is 2.16. The molecule has 0 N–H and O–H groups in total. The first-order valence-corrected chi connectivity index (χ1v) is 9.11. The summed E-state index contributed by atoms with van der Waals surface area (Å²) in [5.41, 5.74) is 4.78. The Bertz CT molecular complexity index is 1140. The minimum atomic E-state index is 0.554. The number of hydrogen-bond donors (Lipinski definition) is 0. The van der Waals surface area contributed by atoms with Gasteiger partial charge in [0.2, 0.25) is 5.75 Å². The predicted octanol–water partition coefficient (Wildman–Crippen LogP) is 4.73. The summed E-state index contributed by atoms with van der Waals surface area (Å²) in [6.07, 6.45) is 1.79. The molecule has 0 saturated heterocycles. The number of rotatable bonds is 6. The molecule has 0 radical (unpaired) electrons. The van der Waals surface area contributed by atoms with Gasteiger partial charge in [0.1, 0.15) is 12.1 Å². The maximum Gasteiger partial charge on any atom is 0.203 e. The first-order valence-electron chi connectivity index (χ1n) is 9.11. The smallest absolute Gasteiger partial charge is 0.203 e. The van der Waals surface area contributed by atoms with E-state index in [1.54, 1.807) is 34.8 Å². The second kappa shape index (κ2) is 7.75. The summed E-state index contributed by atoms with van der Waals surface area (Å²) in [7, 11) is 6.48. The highest BCUT2D eigenvalue weighted by molar-refractivity contribution is 5.85. The SMILES string of the molecule is COc1ccccc1-c1ccc2ncn(-c3cc(OC)c(OC)c(OC)c3)c2c1. The molecule has 6 heteroatoms. The van der Waals surface area contributed by atoms with Crippen molar-refractivity contribution in [3.05, 3.63) is 60.9 Å². The van der Waals surface area contributed by atoms with Crippen LogP contribution in [0.25, 0.3) is 27.8 Å².